The lowest BCUT2D eigenvalue weighted by atomic mass is 9.73. The molecule has 0 radical (unpaired) electrons. The normalized spacial score (nSPS) is 23.1. The van der Waals surface area contributed by atoms with Gasteiger partial charge in [-0.15, -0.1) is 0 Å². The van der Waals surface area contributed by atoms with E-state index in [1.54, 1.807) is 18.9 Å². The fraction of sp³-hybridized carbons (Fsp3) is 0.650. The van der Waals surface area contributed by atoms with Gasteiger partial charge in [-0.05, 0) is 44.7 Å². The number of nitrogens with one attached hydrogen (secondary N) is 1. The van der Waals surface area contributed by atoms with Gasteiger partial charge in [-0.1, -0.05) is 0 Å². The van der Waals surface area contributed by atoms with Crippen molar-refractivity contribution in [1.29, 1.82) is 0 Å². The number of carbonyl (C=O) groups is 2. The van der Waals surface area contributed by atoms with Crippen molar-refractivity contribution < 1.29 is 14.3 Å². The Morgan fingerprint density at radius 1 is 1.26 bits per heavy atom. The number of likely N-dealkylation sites (tertiary alicyclic amines) is 2. The molecule has 2 aliphatic rings. The summed E-state index contributed by atoms with van der Waals surface area (Å²) in [5.41, 5.74) is 1.30. The molecule has 0 aromatic carbocycles. The maximum atomic E-state index is 13.1. The number of carbonyl (C=O) groups excluding carboxylic acids is 2. The first kappa shape index (κ1) is 19.6. The van der Waals surface area contributed by atoms with E-state index in [0.717, 1.165) is 25.0 Å². The number of methoxy groups -OCH3 is 1. The van der Waals surface area contributed by atoms with Crippen molar-refractivity contribution >= 4 is 11.8 Å². The Kier molecular flexibility index (Phi) is 5.69. The van der Waals surface area contributed by atoms with Crippen LogP contribution >= 0.6 is 0 Å². The molecule has 148 valence electrons. The number of pyridine rings is 1. The number of rotatable bonds is 4. The van der Waals surface area contributed by atoms with Gasteiger partial charge in [-0.2, -0.15) is 0 Å². The number of aromatic nitrogens is 1. The van der Waals surface area contributed by atoms with Crippen LogP contribution in [0.25, 0.3) is 0 Å². The second-order valence-electron chi connectivity index (χ2n) is 7.98. The van der Waals surface area contributed by atoms with Gasteiger partial charge < -0.3 is 19.5 Å². The summed E-state index contributed by atoms with van der Waals surface area (Å²) in [4.78, 5) is 44.1. The quantitative estimate of drug-likeness (QED) is 0.864. The number of hydrogen-bond acceptors (Lipinski definition) is 4. The van der Waals surface area contributed by atoms with Gasteiger partial charge in [0.05, 0.1) is 6.61 Å². The number of piperidine rings is 2. The summed E-state index contributed by atoms with van der Waals surface area (Å²) in [6.45, 7) is 6.62. The zero-order chi connectivity index (χ0) is 19.6. The average Bonchev–Trinajstić information content (AvgIpc) is 2.62. The van der Waals surface area contributed by atoms with Crippen LogP contribution in [-0.2, 0) is 9.53 Å². The molecule has 0 bridgehead atoms. The third-order valence-electron chi connectivity index (χ3n) is 5.84. The lowest BCUT2D eigenvalue weighted by molar-refractivity contribution is -0.139. The summed E-state index contributed by atoms with van der Waals surface area (Å²) in [5.74, 6) is -0.0416. The van der Waals surface area contributed by atoms with E-state index in [9.17, 15) is 14.4 Å². The Balaban J connectivity index is 1.79. The number of amides is 2. The summed E-state index contributed by atoms with van der Waals surface area (Å²) >= 11 is 0. The first-order valence-electron chi connectivity index (χ1n) is 9.62. The van der Waals surface area contributed by atoms with E-state index in [4.69, 9.17) is 4.74 Å². The number of nitrogens with zero attached hydrogens (tertiary/aromatic N) is 2. The summed E-state index contributed by atoms with van der Waals surface area (Å²) in [5, 5.41) is 0. The first-order valence-corrected chi connectivity index (χ1v) is 9.62. The lowest BCUT2D eigenvalue weighted by Crippen LogP contribution is -2.55. The van der Waals surface area contributed by atoms with Crippen molar-refractivity contribution in [2.24, 2.45) is 5.41 Å². The van der Waals surface area contributed by atoms with Gasteiger partial charge in [0, 0.05) is 50.8 Å². The van der Waals surface area contributed by atoms with Crippen LogP contribution in [-0.4, -0.2) is 66.5 Å². The highest BCUT2D eigenvalue weighted by Crippen LogP contribution is 2.39. The number of aromatic amines is 1. The minimum absolute atomic E-state index is 0.0824. The van der Waals surface area contributed by atoms with Crippen LogP contribution in [0.2, 0.25) is 0 Å². The second kappa shape index (κ2) is 7.84. The molecule has 1 N–H and O–H groups in total. The summed E-state index contributed by atoms with van der Waals surface area (Å²) in [7, 11) is 1.63. The van der Waals surface area contributed by atoms with Gasteiger partial charge >= 0.3 is 0 Å². The molecule has 1 spiro atoms. The Morgan fingerprint density at radius 3 is 2.74 bits per heavy atom. The maximum Gasteiger partial charge on any atom is 0.261 e. The topological polar surface area (TPSA) is 82.7 Å². The minimum Gasteiger partial charge on any atom is -0.383 e. The second-order valence-corrected chi connectivity index (χ2v) is 7.98. The zero-order valence-electron chi connectivity index (χ0n) is 16.5. The maximum absolute atomic E-state index is 13.1. The molecule has 1 aromatic heterocycles. The zero-order valence-corrected chi connectivity index (χ0v) is 16.5. The molecule has 7 heteroatoms. The van der Waals surface area contributed by atoms with Crippen LogP contribution in [0.4, 0.5) is 0 Å². The third-order valence-corrected chi connectivity index (χ3v) is 5.84. The Morgan fingerprint density at radius 2 is 2.04 bits per heavy atom. The molecule has 2 saturated heterocycles. The highest BCUT2D eigenvalue weighted by Gasteiger charge is 2.43. The molecule has 3 heterocycles. The lowest BCUT2D eigenvalue weighted by Gasteiger charge is -2.48. The van der Waals surface area contributed by atoms with Crippen LogP contribution in [0.1, 0.15) is 47.3 Å². The van der Waals surface area contributed by atoms with E-state index in [2.05, 4.69) is 4.98 Å². The van der Waals surface area contributed by atoms with E-state index in [1.165, 1.54) is 0 Å². The highest BCUT2D eigenvalue weighted by molar-refractivity contribution is 5.95. The van der Waals surface area contributed by atoms with E-state index >= 15 is 0 Å². The highest BCUT2D eigenvalue weighted by atomic mass is 16.5. The summed E-state index contributed by atoms with van der Waals surface area (Å²) in [6.07, 6.45) is 3.19. The fourth-order valence-electron chi connectivity index (χ4n) is 4.50. The SMILES string of the molecule is COCCN1C[C@]2(CCCN(C(=O)c3c(C)cc(C)[nH]c3=O)C2)CCC1=O. The molecule has 27 heavy (non-hydrogen) atoms. The summed E-state index contributed by atoms with van der Waals surface area (Å²) < 4.78 is 5.13. The third kappa shape index (κ3) is 4.08. The minimum atomic E-state index is -0.322. The first-order chi connectivity index (χ1) is 12.8. The standard InChI is InChI=1S/C20H29N3O4/c1-14-11-15(2)21-18(25)17(14)19(26)23-8-4-6-20(13-23)7-5-16(24)22(12-20)9-10-27-3/h11H,4-10,12-13H2,1-3H3,(H,21,25)/t20-/m0/s1. The Labute approximate surface area is 159 Å². The smallest absolute Gasteiger partial charge is 0.261 e. The van der Waals surface area contributed by atoms with Crippen molar-refractivity contribution in [3.05, 3.63) is 33.2 Å². The van der Waals surface area contributed by atoms with E-state index in [1.807, 2.05) is 17.9 Å². The van der Waals surface area contributed by atoms with Crippen LogP contribution in [0.15, 0.2) is 10.9 Å². The van der Waals surface area contributed by atoms with Crippen molar-refractivity contribution in [2.75, 3.05) is 39.9 Å². The van der Waals surface area contributed by atoms with Crippen LogP contribution < -0.4 is 5.56 Å². The predicted octanol–water partition coefficient (Wildman–Crippen LogP) is 1.48. The van der Waals surface area contributed by atoms with E-state index < -0.39 is 0 Å². The van der Waals surface area contributed by atoms with Gasteiger partial charge in [0.25, 0.3) is 11.5 Å². The van der Waals surface area contributed by atoms with Gasteiger partial charge in [-0.25, -0.2) is 0 Å². The van der Waals surface area contributed by atoms with Crippen molar-refractivity contribution in [2.45, 2.75) is 39.5 Å². The largest absolute Gasteiger partial charge is 0.383 e. The molecule has 0 unspecified atom stereocenters. The molecule has 7 nitrogen and oxygen atoms in total. The Bertz CT molecular complexity index is 788. The van der Waals surface area contributed by atoms with Crippen molar-refractivity contribution in [3.8, 4) is 0 Å². The van der Waals surface area contributed by atoms with Gasteiger partial charge in [0.1, 0.15) is 5.56 Å². The van der Waals surface area contributed by atoms with Gasteiger partial charge in [0.2, 0.25) is 5.91 Å². The molecule has 2 amide bonds. The van der Waals surface area contributed by atoms with Crippen molar-refractivity contribution in [3.63, 3.8) is 0 Å². The average molecular weight is 375 g/mol. The molecular weight excluding hydrogens is 346 g/mol. The van der Waals surface area contributed by atoms with Gasteiger partial charge in [0.15, 0.2) is 0 Å². The monoisotopic (exact) mass is 375 g/mol. The summed E-state index contributed by atoms with van der Waals surface area (Å²) in [6, 6.07) is 1.83. The van der Waals surface area contributed by atoms with Crippen LogP contribution in [0.5, 0.6) is 0 Å². The molecule has 1 aromatic rings. The van der Waals surface area contributed by atoms with E-state index in [0.29, 0.717) is 44.8 Å². The van der Waals surface area contributed by atoms with Gasteiger partial charge in [-0.3, -0.25) is 14.4 Å². The van der Waals surface area contributed by atoms with Crippen molar-refractivity contribution in [1.82, 2.24) is 14.8 Å². The fourth-order valence-corrected chi connectivity index (χ4v) is 4.50. The molecule has 2 aliphatic heterocycles. The van der Waals surface area contributed by atoms with Crippen LogP contribution in [0.3, 0.4) is 0 Å². The number of H-pyrrole nitrogens is 1. The Hall–Kier alpha value is -2.15. The van der Waals surface area contributed by atoms with E-state index in [-0.39, 0.29) is 28.4 Å². The predicted molar refractivity (Wildman–Crippen MR) is 102 cm³/mol. The molecule has 0 saturated carbocycles. The molecule has 3 rings (SSSR count). The molecule has 0 aliphatic carbocycles. The number of aryl methyl sites for hydroxylation is 2. The number of ether oxygens (including phenoxy) is 1. The molecule has 2 fully saturated rings. The molecule has 1 atom stereocenters. The molecular formula is C20H29N3O4. The number of hydrogen-bond donors (Lipinski definition) is 1. The van der Waals surface area contributed by atoms with Crippen LogP contribution in [0, 0.1) is 19.3 Å².